The molecule has 2 nitrogen and oxygen atoms in total. The van der Waals surface area contributed by atoms with Gasteiger partial charge in [-0.3, -0.25) is 0 Å². The predicted octanol–water partition coefficient (Wildman–Crippen LogP) is 8.48. The number of hydrogen-bond donors (Lipinski definition) is 0. The number of halogens is 6. The van der Waals surface area contributed by atoms with Crippen molar-refractivity contribution in [1.82, 2.24) is 0 Å². The molecule has 0 radical (unpaired) electrons. The first kappa shape index (κ1) is 28.8. The quantitative estimate of drug-likeness (QED) is 0.190. The predicted molar refractivity (Wildman–Crippen MR) is 134 cm³/mol. The third-order valence-corrected chi connectivity index (χ3v) is 7.80. The zero-order valence-electron chi connectivity index (χ0n) is 21.6. The van der Waals surface area contributed by atoms with Crippen molar-refractivity contribution in [2.75, 3.05) is 13.2 Å². The Bertz CT molecular complexity index is 1150. The van der Waals surface area contributed by atoms with Gasteiger partial charge in [0.2, 0.25) is 0 Å². The molecule has 0 spiro atoms. The molecule has 0 aromatic heterocycles. The average molecular weight is 541 g/mol. The van der Waals surface area contributed by atoms with Crippen LogP contribution in [0, 0.1) is 47.0 Å². The van der Waals surface area contributed by atoms with E-state index in [-0.39, 0.29) is 11.7 Å². The van der Waals surface area contributed by atoms with E-state index in [1.807, 2.05) is 0 Å². The number of unbranched alkanes of at least 4 members (excludes halogenated alkanes) is 2. The fourth-order valence-corrected chi connectivity index (χ4v) is 5.66. The summed E-state index contributed by atoms with van der Waals surface area (Å²) in [7, 11) is 0. The maximum atomic E-state index is 14.8. The summed E-state index contributed by atoms with van der Waals surface area (Å²) in [5, 5.41) is -0.585. The van der Waals surface area contributed by atoms with Crippen molar-refractivity contribution in [3.8, 4) is 11.8 Å². The van der Waals surface area contributed by atoms with E-state index in [2.05, 4.69) is 6.92 Å². The maximum absolute atomic E-state index is 14.8. The second kappa shape index (κ2) is 12.7. The van der Waals surface area contributed by atoms with Crippen molar-refractivity contribution in [3.05, 3.63) is 46.8 Å². The molecular formula is C30H34F6O2. The van der Waals surface area contributed by atoms with Gasteiger partial charge < -0.3 is 9.47 Å². The van der Waals surface area contributed by atoms with Crippen LogP contribution in [0.1, 0.15) is 75.8 Å². The third-order valence-electron chi connectivity index (χ3n) is 7.80. The Kier molecular flexibility index (Phi) is 9.64. The first-order valence-electron chi connectivity index (χ1n) is 13.6. The molecule has 1 aliphatic heterocycles. The number of fused-ring (bicyclic) bond motifs is 1. The third kappa shape index (κ3) is 7.45. The van der Waals surface area contributed by atoms with Gasteiger partial charge >= 0.3 is 6.18 Å². The van der Waals surface area contributed by atoms with E-state index in [1.54, 1.807) is 0 Å². The van der Waals surface area contributed by atoms with Crippen LogP contribution in [0.2, 0.25) is 0 Å². The largest absolute Gasteiger partial charge is 0.458 e. The Hall–Kier alpha value is -2.24. The number of ether oxygens (including phenoxy) is 2. The van der Waals surface area contributed by atoms with E-state index in [0.717, 1.165) is 63.7 Å². The molecule has 0 N–H and O–H groups in total. The highest BCUT2D eigenvalue weighted by Gasteiger charge is 2.32. The minimum absolute atomic E-state index is 0.0316. The molecule has 2 aromatic rings. The minimum atomic E-state index is -4.91. The highest BCUT2D eigenvalue weighted by molar-refractivity contribution is 5.86. The molecule has 0 atom stereocenters. The second-order valence-corrected chi connectivity index (χ2v) is 10.7. The van der Waals surface area contributed by atoms with Gasteiger partial charge in [0.05, 0.1) is 24.2 Å². The highest BCUT2D eigenvalue weighted by atomic mass is 19.4. The Labute approximate surface area is 220 Å². The molecule has 2 aliphatic rings. The monoisotopic (exact) mass is 540 g/mol. The van der Waals surface area contributed by atoms with Crippen LogP contribution >= 0.6 is 0 Å². The lowest BCUT2D eigenvalue weighted by Gasteiger charge is -2.37. The number of alkyl halides is 3. The van der Waals surface area contributed by atoms with Gasteiger partial charge in [-0.05, 0) is 73.9 Å². The first-order chi connectivity index (χ1) is 18.1. The van der Waals surface area contributed by atoms with Crippen LogP contribution in [0.25, 0.3) is 10.8 Å². The summed E-state index contributed by atoms with van der Waals surface area (Å²) in [6, 6.07) is 3.52. The van der Waals surface area contributed by atoms with Gasteiger partial charge in [-0.15, -0.1) is 0 Å². The van der Waals surface area contributed by atoms with Gasteiger partial charge in [0.15, 0.2) is 12.1 Å². The summed E-state index contributed by atoms with van der Waals surface area (Å²) in [6.07, 6.45) is 5.13. The molecule has 38 heavy (non-hydrogen) atoms. The summed E-state index contributed by atoms with van der Waals surface area (Å²) in [5.74, 6) is -0.00311. The Morgan fingerprint density at radius 2 is 1.58 bits per heavy atom. The van der Waals surface area contributed by atoms with Crippen molar-refractivity contribution in [2.24, 2.45) is 17.8 Å². The van der Waals surface area contributed by atoms with E-state index in [9.17, 15) is 26.3 Å². The number of rotatable bonds is 8. The molecule has 4 rings (SSSR count). The molecule has 0 amide bonds. The van der Waals surface area contributed by atoms with E-state index in [4.69, 9.17) is 9.47 Å². The smallest absolute Gasteiger partial charge is 0.352 e. The van der Waals surface area contributed by atoms with Gasteiger partial charge in [0.1, 0.15) is 11.6 Å². The minimum Gasteiger partial charge on any atom is -0.352 e. The number of benzene rings is 2. The molecule has 1 saturated carbocycles. The van der Waals surface area contributed by atoms with Crippen molar-refractivity contribution < 1.29 is 35.8 Å². The summed E-state index contributed by atoms with van der Waals surface area (Å²) >= 11 is 0. The first-order valence-corrected chi connectivity index (χ1v) is 13.6. The van der Waals surface area contributed by atoms with Crippen molar-refractivity contribution in [2.45, 2.75) is 83.6 Å². The standard InChI is InChI=1S/C30H34F6O2/c1-2-3-4-5-21-17-37-29(38-18-21)22-10-8-19(9-11-22)6-7-20-14-23-16-25(31)24(12-13-30(34,35)36)28(33)27(23)26(32)15-20/h14-16,19,21-22,29H,2-11,17-18H2,1H3. The lowest BCUT2D eigenvalue weighted by molar-refractivity contribution is -0.230. The Morgan fingerprint density at radius 1 is 0.868 bits per heavy atom. The molecule has 208 valence electrons. The molecule has 2 aromatic carbocycles. The van der Waals surface area contributed by atoms with Crippen LogP contribution in [0.15, 0.2) is 18.2 Å². The summed E-state index contributed by atoms with van der Waals surface area (Å²) in [5.41, 5.74) is -0.491. The summed E-state index contributed by atoms with van der Waals surface area (Å²) < 4.78 is 93.0. The topological polar surface area (TPSA) is 18.5 Å². The van der Waals surface area contributed by atoms with Crippen LogP contribution in [-0.4, -0.2) is 25.7 Å². The SMILES string of the molecule is CCCCCC1COC(C2CCC(CCc3cc(F)c4c(F)c(C#CC(F)(F)F)c(F)cc4c3)CC2)OC1. The highest BCUT2D eigenvalue weighted by Crippen LogP contribution is 2.37. The van der Waals surface area contributed by atoms with Gasteiger partial charge in [-0.25, -0.2) is 13.2 Å². The van der Waals surface area contributed by atoms with Crippen molar-refractivity contribution in [1.29, 1.82) is 0 Å². The fraction of sp³-hybridized carbons (Fsp3) is 0.600. The lowest BCUT2D eigenvalue weighted by atomic mass is 9.79. The molecule has 8 heteroatoms. The van der Waals surface area contributed by atoms with Crippen molar-refractivity contribution in [3.63, 3.8) is 0 Å². The maximum Gasteiger partial charge on any atom is 0.458 e. The normalized spacial score (nSPS) is 24.3. The Morgan fingerprint density at radius 3 is 2.24 bits per heavy atom. The lowest BCUT2D eigenvalue weighted by Crippen LogP contribution is -2.38. The van der Waals surface area contributed by atoms with Gasteiger partial charge in [0.25, 0.3) is 0 Å². The van der Waals surface area contributed by atoms with E-state index in [1.165, 1.54) is 37.3 Å². The van der Waals surface area contributed by atoms with Crippen LogP contribution in [-0.2, 0) is 15.9 Å². The Balaban J connectivity index is 1.31. The average Bonchev–Trinajstić information content (AvgIpc) is 2.87. The van der Waals surface area contributed by atoms with Crippen LogP contribution in [0.3, 0.4) is 0 Å². The summed E-state index contributed by atoms with van der Waals surface area (Å²) in [6.45, 7) is 3.72. The van der Waals surface area contributed by atoms with Gasteiger partial charge in [0, 0.05) is 17.8 Å². The molecule has 1 saturated heterocycles. The zero-order valence-corrected chi connectivity index (χ0v) is 21.6. The van der Waals surface area contributed by atoms with Crippen LogP contribution in [0.4, 0.5) is 26.3 Å². The summed E-state index contributed by atoms with van der Waals surface area (Å²) in [4.78, 5) is 0. The molecule has 2 fully saturated rings. The van der Waals surface area contributed by atoms with E-state index < -0.39 is 34.6 Å². The van der Waals surface area contributed by atoms with Gasteiger partial charge in [-0.2, -0.15) is 13.2 Å². The molecule has 1 heterocycles. The van der Waals surface area contributed by atoms with E-state index in [0.29, 0.717) is 29.7 Å². The molecule has 1 aliphatic carbocycles. The van der Waals surface area contributed by atoms with Crippen molar-refractivity contribution >= 4 is 10.8 Å². The fourth-order valence-electron chi connectivity index (χ4n) is 5.66. The van der Waals surface area contributed by atoms with Crippen LogP contribution in [0.5, 0.6) is 0 Å². The molecule has 0 unspecified atom stereocenters. The number of hydrogen-bond acceptors (Lipinski definition) is 2. The van der Waals surface area contributed by atoms with Gasteiger partial charge in [-0.1, -0.05) is 38.2 Å². The molecule has 0 bridgehead atoms. The van der Waals surface area contributed by atoms with Crippen LogP contribution < -0.4 is 0 Å². The second-order valence-electron chi connectivity index (χ2n) is 10.7. The zero-order chi connectivity index (χ0) is 27.3. The number of aryl methyl sites for hydroxylation is 1. The molecular weight excluding hydrogens is 506 g/mol. The van der Waals surface area contributed by atoms with E-state index >= 15 is 0 Å².